The van der Waals surface area contributed by atoms with Crippen LogP contribution in [0.15, 0.2) is 16.6 Å². The fourth-order valence-electron chi connectivity index (χ4n) is 5.73. The van der Waals surface area contributed by atoms with E-state index in [0.717, 1.165) is 30.9 Å². The van der Waals surface area contributed by atoms with Crippen LogP contribution in [0, 0.1) is 17.3 Å². The maximum atomic E-state index is 10.5. The van der Waals surface area contributed by atoms with Crippen LogP contribution in [0.2, 0.25) is 0 Å². The number of hydrogen-bond acceptors (Lipinski definition) is 2. The summed E-state index contributed by atoms with van der Waals surface area (Å²) in [5.41, 5.74) is 3.16. The number of halogens is 1. The molecule has 2 fully saturated rings. The Hall–Kier alpha value is -0.540. The van der Waals surface area contributed by atoms with Gasteiger partial charge in [0.25, 0.3) is 0 Å². The number of aryl methyl sites for hydroxylation is 1. The fourth-order valence-corrected chi connectivity index (χ4v) is 6.50. The molecule has 0 unspecified atom stereocenters. The molecular formula is C19H25BrO2. The van der Waals surface area contributed by atoms with Gasteiger partial charge in [0.2, 0.25) is 0 Å². The van der Waals surface area contributed by atoms with Crippen molar-refractivity contribution in [1.82, 2.24) is 0 Å². The maximum absolute atomic E-state index is 10.5. The highest BCUT2D eigenvalue weighted by Gasteiger charge is 2.54. The molecule has 0 radical (unpaired) electrons. The number of hydrogen-bond donors (Lipinski definition) is 1. The average molecular weight is 365 g/mol. The Kier molecular flexibility index (Phi) is 3.58. The molecule has 0 saturated heterocycles. The van der Waals surface area contributed by atoms with Gasteiger partial charge in [-0.05, 0) is 85.0 Å². The van der Waals surface area contributed by atoms with E-state index in [-0.39, 0.29) is 11.5 Å². The number of aliphatic hydroxyl groups excluding tert-OH is 1. The van der Waals surface area contributed by atoms with Crippen LogP contribution < -0.4 is 4.74 Å². The highest BCUT2D eigenvalue weighted by atomic mass is 79.9. The van der Waals surface area contributed by atoms with Gasteiger partial charge in [0.05, 0.1) is 13.2 Å². The lowest BCUT2D eigenvalue weighted by molar-refractivity contribution is -0.0227. The van der Waals surface area contributed by atoms with Crippen LogP contribution >= 0.6 is 15.9 Å². The van der Waals surface area contributed by atoms with E-state index in [4.69, 9.17) is 4.74 Å². The van der Waals surface area contributed by atoms with Crippen molar-refractivity contribution in [3.63, 3.8) is 0 Å². The van der Waals surface area contributed by atoms with Crippen molar-refractivity contribution in [3.05, 3.63) is 27.7 Å². The highest BCUT2D eigenvalue weighted by molar-refractivity contribution is 9.10. The molecule has 0 amide bonds. The van der Waals surface area contributed by atoms with Gasteiger partial charge in [0.1, 0.15) is 5.75 Å². The quantitative estimate of drug-likeness (QED) is 0.783. The van der Waals surface area contributed by atoms with Crippen LogP contribution in [0.25, 0.3) is 0 Å². The molecule has 3 aliphatic carbocycles. The first-order valence-electron chi connectivity index (χ1n) is 8.59. The van der Waals surface area contributed by atoms with Crippen molar-refractivity contribution < 1.29 is 9.84 Å². The normalized spacial score (nSPS) is 39.8. The van der Waals surface area contributed by atoms with Crippen LogP contribution in [0.1, 0.15) is 56.1 Å². The molecule has 1 N–H and O–H groups in total. The summed E-state index contributed by atoms with van der Waals surface area (Å²) in [7, 11) is 1.74. The van der Waals surface area contributed by atoms with Gasteiger partial charge >= 0.3 is 0 Å². The number of aliphatic hydroxyl groups is 1. The van der Waals surface area contributed by atoms with Gasteiger partial charge in [-0.2, -0.15) is 0 Å². The molecule has 3 heteroatoms. The lowest BCUT2D eigenvalue weighted by Crippen LogP contribution is -2.44. The molecule has 2 saturated carbocycles. The summed E-state index contributed by atoms with van der Waals surface area (Å²) in [5.74, 6) is 3.06. The van der Waals surface area contributed by atoms with Crippen LogP contribution in [0.3, 0.4) is 0 Å². The summed E-state index contributed by atoms with van der Waals surface area (Å²) < 4.78 is 6.65. The molecule has 120 valence electrons. The standard InChI is InChI=1S/C19H25BrO2/c1-19-8-7-14-13(15(19)5-6-17(19)21)4-3-11-9-12(22-2)10-16(20)18(11)14/h9-10,13-15,17,21H,3-8H2,1-2H3/t13-,14+,15+,17+,19+/m1/s1. The molecule has 0 heterocycles. The lowest BCUT2D eigenvalue weighted by Gasteiger charge is -2.50. The Balaban J connectivity index is 1.73. The number of rotatable bonds is 1. The molecule has 0 aliphatic heterocycles. The molecule has 22 heavy (non-hydrogen) atoms. The Labute approximate surface area is 141 Å². The molecule has 0 spiro atoms. The molecule has 5 atom stereocenters. The Morgan fingerprint density at radius 2 is 2.05 bits per heavy atom. The van der Waals surface area contributed by atoms with Gasteiger partial charge in [-0.1, -0.05) is 22.9 Å². The second-order valence-electron chi connectivity index (χ2n) is 7.74. The molecule has 1 aromatic rings. The molecule has 3 aliphatic rings. The van der Waals surface area contributed by atoms with Crippen molar-refractivity contribution >= 4 is 15.9 Å². The van der Waals surface area contributed by atoms with Crippen LogP contribution in [-0.4, -0.2) is 18.3 Å². The summed E-state index contributed by atoms with van der Waals surface area (Å²) in [6, 6.07) is 4.35. The monoisotopic (exact) mass is 364 g/mol. The van der Waals surface area contributed by atoms with Crippen LogP contribution in [0.4, 0.5) is 0 Å². The van der Waals surface area contributed by atoms with Gasteiger partial charge < -0.3 is 9.84 Å². The van der Waals surface area contributed by atoms with Crippen LogP contribution in [0.5, 0.6) is 5.75 Å². The minimum atomic E-state index is -0.0841. The summed E-state index contributed by atoms with van der Waals surface area (Å²) in [5, 5.41) is 10.5. The van der Waals surface area contributed by atoms with Crippen molar-refractivity contribution in [2.75, 3.05) is 7.11 Å². The first kappa shape index (κ1) is 15.0. The third-order valence-corrected chi connectivity index (χ3v) is 7.59. The van der Waals surface area contributed by atoms with E-state index in [9.17, 15) is 5.11 Å². The summed E-state index contributed by atoms with van der Waals surface area (Å²) >= 11 is 3.80. The number of benzene rings is 1. The minimum absolute atomic E-state index is 0.0841. The topological polar surface area (TPSA) is 29.5 Å². The van der Waals surface area contributed by atoms with Gasteiger partial charge in [0.15, 0.2) is 0 Å². The van der Waals surface area contributed by atoms with Crippen molar-refractivity contribution in [3.8, 4) is 5.75 Å². The predicted molar refractivity (Wildman–Crippen MR) is 91.3 cm³/mol. The van der Waals surface area contributed by atoms with Crippen molar-refractivity contribution in [2.24, 2.45) is 17.3 Å². The first-order valence-corrected chi connectivity index (χ1v) is 9.38. The zero-order valence-electron chi connectivity index (χ0n) is 13.4. The van der Waals surface area contributed by atoms with E-state index in [2.05, 4.69) is 35.0 Å². The minimum Gasteiger partial charge on any atom is -0.497 e. The van der Waals surface area contributed by atoms with E-state index >= 15 is 0 Å². The van der Waals surface area contributed by atoms with E-state index in [1.807, 2.05) is 0 Å². The highest BCUT2D eigenvalue weighted by Crippen LogP contribution is 2.61. The van der Waals surface area contributed by atoms with E-state index in [0.29, 0.717) is 11.8 Å². The van der Waals surface area contributed by atoms with Gasteiger partial charge in [-0.15, -0.1) is 0 Å². The van der Waals surface area contributed by atoms with Crippen molar-refractivity contribution in [2.45, 2.75) is 57.5 Å². The lowest BCUT2D eigenvalue weighted by atomic mass is 9.55. The van der Waals surface area contributed by atoms with Crippen LogP contribution in [-0.2, 0) is 6.42 Å². The Morgan fingerprint density at radius 1 is 1.23 bits per heavy atom. The zero-order valence-corrected chi connectivity index (χ0v) is 15.0. The second-order valence-corrected chi connectivity index (χ2v) is 8.59. The third kappa shape index (κ3) is 2.01. The maximum Gasteiger partial charge on any atom is 0.120 e. The predicted octanol–water partition coefficient (Wildman–Crippen LogP) is 4.67. The average Bonchev–Trinajstić information content (AvgIpc) is 2.82. The molecule has 2 nitrogen and oxygen atoms in total. The Bertz CT molecular complexity index is 599. The van der Waals surface area contributed by atoms with Crippen molar-refractivity contribution in [1.29, 1.82) is 0 Å². The number of methoxy groups -OCH3 is 1. The van der Waals surface area contributed by atoms with Gasteiger partial charge in [-0.3, -0.25) is 0 Å². The number of ether oxygens (including phenoxy) is 1. The van der Waals surface area contributed by atoms with Gasteiger partial charge in [-0.25, -0.2) is 0 Å². The zero-order chi connectivity index (χ0) is 15.5. The SMILES string of the molecule is COc1cc(Br)c2c(c1)CC[C@@H]1[C@@H]2CC[C@]2(C)[C@@H](O)CC[C@@H]12. The Morgan fingerprint density at radius 3 is 2.82 bits per heavy atom. The third-order valence-electron chi connectivity index (χ3n) is 6.93. The molecule has 1 aromatic carbocycles. The summed E-state index contributed by atoms with van der Waals surface area (Å²) in [6.45, 7) is 2.34. The summed E-state index contributed by atoms with van der Waals surface area (Å²) in [6.07, 6.45) is 6.92. The second kappa shape index (κ2) is 5.24. The van der Waals surface area contributed by atoms with E-state index in [1.165, 1.54) is 34.9 Å². The van der Waals surface area contributed by atoms with E-state index < -0.39 is 0 Å². The summed E-state index contributed by atoms with van der Waals surface area (Å²) in [4.78, 5) is 0. The molecular weight excluding hydrogens is 340 g/mol. The molecule has 0 bridgehead atoms. The molecule has 4 rings (SSSR count). The number of fused-ring (bicyclic) bond motifs is 5. The van der Waals surface area contributed by atoms with Gasteiger partial charge in [0, 0.05) is 4.47 Å². The van der Waals surface area contributed by atoms with E-state index in [1.54, 1.807) is 7.11 Å². The smallest absolute Gasteiger partial charge is 0.120 e. The first-order chi connectivity index (χ1) is 10.5. The molecule has 0 aromatic heterocycles. The fraction of sp³-hybridized carbons (Fsp3) is 0.684. The largest absolute Gasteiger partial charge is 0.497 e.